The van der Waals surface area contributed by atoms with E-state index in [4.69, 9.17) is 5.73 Å². The Balaban J connectivity index is 2.30. The highest BCUT2D eigenvalue weighted by molar-refractivity contribution is 9.11. The van der Waals surface area contributed by atoms with Gasteiger partial charge in [0.1, 0.15) is 5.82 Å². The molecule has 2 N–H and O–H groups in total. The molecule has 0 amide bonds. The van der Waals surface area contributed by atoms with Crippen LogP contribution in [-0.4, -0.2) is 9.97 Å². The molecule has 3 aromatic rings. The Morgan fingerprint density at radius 2 is 1.57 bits per heavy atom. The number of halogens is 2. The summed E-state index contributed by atoms with van der Waals surface area (Å²) in [6.07, 6.45) is 0. The van der Waals surface area contributed by atoms with Crippen molar-refractivity contribution in [3.63, 3.8) is 0 Å². The highest BCUT2D eigenvalue weighted by Gasteiger charge is 2.11. The van der Waals surface area contributed by atoms with Gasteiger partial charge >= 0.3 is 0 Å². The van der Waals surface area contributed by atoms with Crippen LogP contribution in [0.4, 0.5) is 5.82 Å². The molecule has 0 fully saturated rings. The fourth-order valence-corrected chi connectivity index (χ4v) is 3.73. The number of nitrogen functional groups attached to an aromatic ring is 1. The van der Waals surface area contributed by atoms with E-state index in [1.54, 1.807) is 0 Å². The molecular formula is C16H13Br2N3. The summed E-state index contributed by atoms with van der Waals surface area (Å²) in [6, 6.07) is 10.2. The zero-order valence-corrected chi connectivity index (χ0v) is 14.8. The van der Waals surface area contributed by atoms with Gasteiger partial charge in [0.25, 0.3) is 0 Å². The van der Waals surface area contributed by atoms with Gasteiger partial charge < -0.3 is 5.73 Å². The molecule has 2 aromatic carbocycles. The second-order valence-corrected chi connectivity index (χ2v) is 6.86. The average Bonchev–Trinajstić information content (AvgIpc) is 2.38. The van der Waals surface area contributed by atoms with Gasteiger partial charge in [0, 0.05) is 19.9 Å². The molecule has 0 bridgehead atoms. The van der Waals surface area contributed by atoms with Crippen molar-refractivity contribution in [1.82, 2.24) is 9.97 Å². The van der Waals surface area contributed by atoms with Crippen molar-refractivity contribution in [3.8, 4) is 11.4 Å². The first-order chi connectivity index (χ1) is 9.94. The molecule has 1 aromatic heterocycles. The zero-order valence-electron chi connectivity index (χ0n) is 11.6. The van der Waals surface area contributed by atoms with E-state index in [0.717, 1.165) is 25.4 Å². The van der Waals surface area contributed by atoms with E-state index in [0.29, 0.717) is 11.6 Å². The van der Waals surface area contributed by atoms with Gasteiger partial charge in [0.15, 0.2) is 5.82 Å². The molecule has 1 heterocycles. The number of fused-ring (bicyclic) bond motifs is 1. The van der Waals surface area contributed by atoms with Gasteiger partial charge in [0.2, 0.25) is 0 Å². The molecule has 0 saturated carbocycles. The van der Waals surface area contributed by atoms with Crippen LogP contribution < -0.4 is 5.73 Å². The van der Waals surface area contributed by atoms with Gasteiger partial charge in [-0.2, -0.15) is 0 Å². The van der Waals surface area contributed by atoms with E-state index >= 15 is 0 Å². The Hall–Kier alpha value is -1.46. The largest absolute Gasteiger partial charge is 0.383 e. The number of benzene rings is 2. The van der Waals surface area contributed by atoms with Gasteiger partial charge in [-0.15, -0.1) is 0 Å². The van der Waals surface area contributed by atoms with Crippen LogP contribution in [0.1, 0.15) is 11.1 Å². The molecule has 0 aliphatic heterocycles. The second kappa shape index (κ2) is 5.39. The van der Waals surface area contributed by atoms with Gasteiger partial charge in [0.05, 0.1) is 5.52 Å². The third-order valence-electron chi connectivity index (χ3n) is 3.23. The molecule has 3 nitrogen and oxygen atoms in total. The van der Waals surface area contributed by atoms with Gasteiger partial charge in [-0.1, -0.05) is 33.1 Å². The number of hydrogen-bond acceptors (Lipinski definition) is 3. The van der Waals surface area contributed by atoms with Crippen LogP contribution in [0.25, 0.3) is 22.3 Å². The monoisotopic (exact) mass is 405 g/mol. The van der Waals surface area contributed by atoms with Gasteiger partial charge in [-0.3, -0.25) is 0 Å². The fourth-order valence-electron chi connectivity index (χ4n) is 2.41. The molecule has 3 rings (SSSR count). The number of hydrogen-bond donors (Lipinski definition) is 1. The minimum atomic E-state index is 0.483. The third kappa shape index (κ3) is 2.80. The standard InChI is InChI=1S/C16H13Br2N3/c1-8-3-9(2)5-10(4-8)16-20-14-12(15(19)21-16)6-11(17)7-13(14)18/h3-7H,1-2H3,(H2,19,20,21). The molecule has 0 atom stereocenters. The Kier molecular flexibility index (Phi) is 3.71. The summed E-state index contributed by atoms with van der Waals surface area (Å²) in [7, 11) is 0. The molecule has 0 aliphatic carbocycles. The first kappa shape index (κ1) is 14.5. The number of nitrogens with zero attached hydrogens (tertiary/aromatic N) is 2. The Labute approximate surface area is 139 Å². The molecule has 5 heteroatoms. The number of nitrogens with two attached hydrogens (primary N) is 1. The van der Waals surface area contributed by atoms with Crippen LogP contribution in [0, 0.1) is 13.8 Å². The Morgan fingerprint density at radius 1 is 0.905 bits per heavy atom. The summed E-state index contributed by atoms with van der Waals surface area (Å²) in [5.74, 6) is 1.13. The van der Waals surface area contributed by atoms with Crippen molar-refractivity contribution in [2.45, 2.75) is 13.8 Å². The summed E-state index contributed by atoms with van der Waals surface area (Å²) in [5.41, 5.74) is 10.3. The Morgan fingerprint density at radius 3 is 2.24 bits per heavy atom. The van der Waals surface area contributed by atoms with E-state index < -0.39 is 0 Å². The van der Waals surface area contributed by atoms with E-state index in [-0.39, 0.29) is 0 Å². The predicted molar refractivity (Wildman–Crippen MR) is 94.3 cm³/mol. The van der Waals surface area contributed by atoms with Crippen molar-refractivity contribution in [3.05, 3.63) is 50.4 Å². The maximum atomic E-state index is 6.12. The maximum absolute atomic E-state index is 6.12. The molecule has 0 saturated heterocycles. The molecular weight excluding hydrogens is 394 g/mol. The van der Waals surface area contributed by atoms with Crippen LogP contribution in [0.15, 0.2) is 39.3 Å². The lowest BCUT2D eigenvalue weighted by molar-refractivity contribution is 1.22. The van der Waals surface area contributed by atoms with Crippen LogP contribution in [-0.2, 0) is 0 Å². The minimum Gasteiger partial charge on any atom is -0.383 e. The molecule has 0 radical (unpaired) electrons. The van der Waals surface area contributed by atoms with Crippen LogP contribution in [0.5, 0.6) is 0 Å². The van der Waals surface area contributed by atoms with Crippen molar-refractivity contribution in [1.29, 1.82) is 0 Å². The lowest BCUT2D eigenvalue weighted by atomic mass is 10.1. The van der Waals surface area contributed by atoms with E-state index in [9.17, 15) is 0 Å². The summed E-state index contributed by atoms with van der Waals surface area (Å²) >= 11 is 7.00. The quantitative estimate of drug-likeness (QED) is 0.617. The normalized spacial score (nSPS) is 11.0. The van der Waals surface area contributed by atoms with Crippen molar-refractivity contribution in [2.24, 2.45) is 0 Å². The minimum absolute atomic E-state index is 0.483. The predicted octanol–water partition coefficient (Wildman–Crippen LogP) is 5.02. The van der Waals surface area contributed by atoms with E-state index in [1.165, 1.54) is 11.1 Å². The lowest BCUT2D eigenvalue weighted by Gasteiger charge is -2.09. The van der Waals surface area contributed by atoms with Crippen LogP contribution in [0.3, 0.4) is 0 Å². The van der Waals surface area contributed by atoms with Crippen molar-refractivity contribution < 1.29 is 0 Å². The lowest BCUT2D eigenvalue weighted by Crippen LogP contribution is -1.99. The molecule has 0 aliphatic rings. The highest BCUT2D eigenvalue weighted by atomic mass is 79.9. The van der Waals surface area contributed by atoms with Crippen LogP contribution in [0.2, 0.25) is 0 Å². The van der Waals surface area contributed by atoms with E-state index in [2.05, 4.69) is 73.9 Å². The van der Waals surface area contributed by atoms with Crippen molar-refractivity contribution >= 4 is 48.6 Å². The average molecular weight is 407 g/mol. The summed E-state index contributed by atoms with van der Waals surface area (Å²) in [6.45, 7) is 4.13. The highest BCUT2D eigenvalue weighted by Crippen LogP contribution is 2.32. The summed E-state index contributed by atoms with van der Waals surface area (Å²) < 4.78 is 1.84. The number of aryl methyl sites for hydroxylation is 2. The topological polar surface area (TPSA) is 51.8 Å². The summed E-state index contributed by atoms with van der Waals surface area (Å²) in [4.78, 5) is 9.13. The first-order valence-electron chi connectivity index (χ1n) is 6.45. The van der Waals surface area contributed by atoms with E-state index in [1.807, 2.05) is 12.1 Å². The Bertz CT molecular complexity index is 840. The van der Waals surface area contributed by atoms with Crippen LogP contribution >= 0.6 is 31.9 Å². The molecule has 106 valence electrons. The van der Waals surface area contributed by atoms with Crippen molar-refractivity contribution in [2.75, 3.05) is 5.73 Å². The maximum Gasteiger partial charge on any atom is 0.162 e. The molecule has 21 heavy (non-hydrogen) atoms. The molecule has 0 unspecified atom stereocenters. The van der Waals surface area contributed by atoms with Gasteiger partial charge in [-0.25, -0.2) is 9.97 Å². The SMILES string of the molecule is Cc1cc(C)cc(-c2nc(N)c3cc(Br)cc(Br)c3n2)c1. The number of rotatable bonds is 1. The zero-order chi connectivity index (χ0) is 15.1. The number of anilines is 1. The second-order valence-electron chi connectivity index (χ2n) is 5.09. The number of aromatic nitrogens is 2. The third-order valence-corrected chi connectivity index (χ3v) is 4.29. The summed E-state index contributed by atoms with van der Waals surface area (Å²) in [5, 5.41) is 0.837. The first-order valence-corrected chi connectivity index (χ1v) is 8.03. The van der Waals surface area contributed by atoms with Gasteiger partial charge in [-0.05, 0) is 54.0 Å². The molecule has 0 spiro atoms. The smallest absolute Gasteiger partial charge is 0.162 e. The fraction of sp³-hybridized carbons (Fsp3) is 0.125.